The number of hydrogen-bond acceptors (Lipinski definition) is 2. The molecule has 1 aromatic carbocycles. The fourth-order valence-corrected chi connectivity index (χ4v) is 1.89. The van der Waals surface area contributed by atoms with Gasteiger partial charge in [-0.2, -0.15) is 0 Å². The Morgan fingerprint density at radius 1 is 1.43 bits per heavy atom. The molecular formula is C16H15FN2O2. The number of hydrogen-bond donors (Lipinski definition) is 2. The predicted molar refractivity (Wildman–Crippen MR) is 76.9 cm³/mol. The van der Waals surface area contributed by atoms with E-state index in [-0.39, 0.29) is 19.1 Å². The maximum absolute atomic E-state index is 13.7. The number of carbonyl (C=O) groups excluding carboxylic acids is 1. The molecule has 1 amide bonds. The number of aryl methyl sites for hydroxylation is 1. The lowest BCUT2D eigenvalue weighted by Crippen LogP contribution is -2.25. The van der Waals surface area contributed by atoms with Gasteiger partial charge >= 0.3 is 0 Å². The SMILES string of the molecule is Cn1cccc1C(=O)NCc1cc(C#CCO)ccc1F. The molecule has 21 heavy (non-hydrogen) atoms. The third-order valence-electron chi connectivity index (χ3n) is 2.97. The summed E-state index contributed by atoms with van der Waals surface area (Å²) in [5, 5.41) is 11.3. The molecule has 0 fully saturated rings. The van der Waals surface area contributed by atoms with Gasteiger partial charge in [0.25, 0.3) is 5.91 Å². The zero-order chi connectivity index (χ0) is 15.2. The minimum absolute atomic E-state index is 0.0739. The number of aliphatic hydroxyl groups is 1. The second-order valence-corrected chi connectivity index (χ2v) is 4.45. The van der Waals surface area contributed by atoms with Crippen molar-refractivity contribution in [2.45, 2.75) is 6.54 Å². The standard InChI is InChI=1S/C16H15FN2O2/c1-19-8-2-5-15(19)16(21)18-11-13-10-12(4-3-9-20)6-7-14(13)17/h2,5-8,10,20H,9,11H2,1H3,(H,18,21). The molecule has 4 nitrogen and oxygen atoms in total. The zero-order valence-electron chi connectivity index (χ0n) is 11.6. The smallest absolute Gasteiger partial charge is 0.268 e. The summed E-state index contributed by atoms with van der Waals surface area (Å²) in [5.74, 6) is 4.53. The number of nitrogens with one attached hydrogen (secondary N) is 1. The van der Waals surface area contributed by atoms with Gasteiger partial charge in [0.1, 0.15) is 18.1 Å². The van der Waals surface area contributed by atoms with Gasteiger partial charge in [-0.05, 0) is 30.3 Å². The first-order valence-corrected chi connectivity index (χ1v) is 6.39. The van der Waals surface area contributed by atoms with Gasteiger partial charge in [-0.25, -0.2) is 4.39 Å². The summed E-state index contributed by atoms with van der Waals surface area (Å²) in [4.78, 5) is 12.0. The first kappa shape index (κ1) is 14.8. The Kier molecular flexibility index (Phi) is 4.75. The summed E-state index contributed by atoms with van der Waals surface area (Å²) in [7, 11) is 1.76. The molecule has 2 N–H and O–H groups in total. The fraction of sp³-hybridized carbons (Fsp3) is 0.188. The lowest BCUT2D eigenvalue weighted by atomic mass is 10.1. The van der Waals surface area contributed by atoms with Gasteiger partial charge in [0.15, 0.2) is 0 Å². The highest BCUT2D eigenvalue weighted by molar-refractivity contribution is 5.92. The number of benzene rings is 1. The van der Waals surface area contributed by atoms with Crippen LogP contribution in [0.15, 0.2) is 36.5 Å². The van der Waals surface area contributed by atoms with Crippen LogP contribution in [0.2, 0.25) is 0 Å². The van der Waals surface area contributed by atoms with Crippen molar-refractivity contribution >= 4 is 5.91 Å². The van der Waals surface area contributed by atoms with Gasteiger partial charge < -0.3 is 15.0 Å². The number of rotatable bonds is 3. The van der Waals surface area contributed by atoms with Crippen LogP contribution >= 0.6 is 0 Å². The van der Waals surface area contributed by atoms with E-state index in [2.05, 4.69) is 17.2 Å². The molecule has 0 bridgehead atoms. The van der Waals surface area contributed by atoms with Crippen molar-refractivity contribution in [3.63, 3.8) is 0 Å². The molecule has 0 aliphatic rings. The minimum Gasteiger partial charge on any atom is -0.384 e. The van der Waals surface area contributed by atoms with E-state index >= 15 is 0 Å². The molecule has 0 radical (unpaired) electrons. The molecule has 0 atom stereocenters. The van der Waals surface area contributed by atoms with Gasteiger partial charge in [-0.15, -0.1) is 0 Å². The Hall–Kier alpha value is -2.58. The van der Waals surface area contributed by atoms with Crippen LogP contribution < -0.4 is 5.32 Å². The quantitative estimate of drug-likeness (QED) is 0.839. The lowest BCUT2D eigenvalue weighted by molar-refractivity contribution is 0.0942. The van der Waals surface area contributed by atoms with Crippen LogP contribution in [0.1, 0.15) is 21.6 Å². The van der Waals surface area contributed by atoms with E-state index in [1.165, 1.54) is 12.1 Å². The van der Waals surface area contributed by atoms with E-state index < -0.39 is 5.82 Å². The Morgan fingerprint density at radius 2 is 2.24 bits per heavy atom. The highest BCUT2D eigenvalue weighted by Crippen LogP contribution is 2.10. The Labute approximate surface area is 122 Å². The van der Waals surface area contributed by atoms with Gasteiger partial charge in [0, 0.05) is 30.9 Å². The Bertz CT molecular complexity index is 711. The number of nitrogens with zero attached hydrogens (tertiary/aromatic N) is 1. The first-order valence-electron chi connectivity index (χ1n) is 6.39. The molecule has 0 saturated carbocycles. The van der Waals surface area contributed by atoms with E-state index in [4.69, 9.17) is 5.11 Å². The van der Waals surface area contributed by atoms with E-state index in [0.717, 1.165) is 0 Å². The summed E-state index contributed by atoms with van der Waals surface area (Å²) in [6, 6.07) is 7.84. The van der Waals surface area contributed by atoms with Gasteiger partial charge in [0.05, 0.1) is 0 Å². The number of aliphatic hydroxyl groups excluding tert-OH is 1. The number of carbonyl (C=O) groups is 1. The van der Waals surface area contributed by atoms with Crippen LogP contribution in [0.5, 0.6) is 0 Å². The van der Waals surface area contributed by atoms with Crippen molar-refractivity contribution < 1.29 is 14.3 Å². The number of halogens is 1. The van der Waals surface area contributed by atoms with Crippen LogP contribution in [0.3, 0.4) is 0 Å². The lowest BCUT2D eigenvalue weighted by Gasteiger charge is -2.07. The molecular weight excluding hydrogens is 271 g/mol. The minimum atomic E-state index is -0.406. The van der Waals surface area contributed by atoms with Crippen LogP contribution in [0.25, 0.3) is 0 Å². The zero-order valence-corrected chi connectivity index (χ0v) is 11.6. The number of amides is 1. The van der Waals surface area contributed by atoms with E-state index in [0.29, 0.717) is 16.8 Å². The largest absolute Gasteiger partial charge is 0.384 e. The molecule has 0 aliphatic carbocycles. The second-order valence-electron chi connectivity index (χ2n) is 4.45. The van der Waals surface area contributed by atoms with Crippen LogP contribution in [0, 0.1) is 17.7 Å². The highest BCUT2D eigenvalue weighted by Gasteiger charge is 2.10. The van der Waals surface area contributed by atoms with E-state index in [1.807, 2.05) is 0 Å². The van der Waals surface area contributed by atoms with Crippen molar-refractivity contribution in [2.24, 2.45) is 7.05 Å². The summed E-state index contributed by atoms with van der Waals surface area (Å²) in [5.41, 5.74) is 1.45. The average Bonchev–Trinajstić information content (AvgIpc) is 2.91. The molecule has 0 unspecified atom stereocenters. The van der Waals surface area contributed by atoms with Crippen molar-refractivity contribution in [3.05, 3.63) is 59.2 Å². The number of aromatic nitrogens is 1. The molecule has 0 spiro atoms. The molecule has 1 heterocycles. The summed E-state index contributed by atoms with van der Waals surface area (Å²) >= 11 is 0. The third-order valence-corrected chi connectivity index (χ3v) is 2.97. The van der Waals surface area contributed by atoms with Crippen molar-refractivity contribution in [1.29, 1.82) is 0 Å². The summed E-state index contributed by atoms with van der Waals surface area (Å²) in [6.07, 6.45) is 1.76. The summed E-state index contributed by atoms with van der Waals surface area (Å²) in [6.45, 7) is -0.179. The monoisotopic (exact) mass is 286 g/mol. The Balaban J connectivity index is 2.09. The molecule has 108 valence electrons. The van der Waals surface area contributed by atoms with E-state index in [1.54, 1.807) is 36.0 Å². The average molecular weight is 286 g/mol. The molecule has 2 rings (SSSR count). The molecule has 1 aromatic heterocycles. The molecule has 0 saturated heterocycles. The van der Waals surface area contributed by atoms with Crippen LogP contribution in [0.4, 0.5) is 4.39 Å². The van der Waals surface area contributed by atoms with Gasteiger partial charge in [0.2, 0.25) is 0 Å². The summed E-state index contributed by atoms with van der Waals surface area (Å²) < 4.78 is 15.4. The first-order chi connectivity index (χ1) is 10.1. The molecule has 0 aliphatic heterocycles. The Morgan fingerprint density at radius 3 is 2.90 bits per heavy atom. The van der Waals surface area contributed by atoms with Crippen LogP contribution in [-0.2, 0) is 13.6 Å². The van der Waals surface area contributed by atoms with Crippen LogP contribution in [-0.4, -0.2) is 22.2 Å². The van der Waals surface area contributed by atoms with Crippen molar-refractivity contribution in [2.75, 3.05) is 6.61 Å². The van der Waals surface area contributed by atoms with Crippen molar-refractivity contribution in [3.8, 4) is 11.8 Å². The molecule has 5 heteroatoms. The second kappa shape index (κ2) is 6.73. The maximum Gasteiger partial charge on any atom is 0.268 e. The maximum atomic E-state index is 13.7. The van der Waals surface area contributed by atoms with Gasteiger partial charge in [-0.1, -0.05) is 11.8 Å². The van der Waals surface area contributed by atoms with E-state index in [9.17, 15) is 9.18 Å². The fourth-order valence-electron chi connectivity index (χ4n) is 1.89. The molecule has 2 aromatic rings. The topological polar surface area (TPSA) is 54.3 Å². The highest BCUT2D eigenvalue weighted by atomic mass is 19.1. The predicted octanol–water partition coefficient (Wildman–Crippen LogP) is 1.44. The van der Waals surface area contributed by atoms with Gasteiger partial charge in [-0.3, -0.25) is 4.79 Å². The third kappa shape index (κ3) is 3.71. The normalized spacial score (nSPS) is 9.86. The van der Waals surface area contributed by atoms with Crippen molar-refractivity contribution in [1.82, 2.24) is 9.88 Å².